The summed E-state index contributed by atoms with van der Waals surface area (Å²) < 4.78 is 16.4. The highest BCUT2D eigenvalue weighted by Crippen LogP contribution is 2.39. The number of hydrogen-bond donors (Lipinski definition) is 0. The van der Waals surface area contributed by atoms with E-state index >= 15 is 0 Å². The maximum atomic E-state index is 12.4. The first-order valence-corrected chi connectivity index (χ1v) is 8.25. The van der Waals surface area contributed by atoms with Gasteiger partial charge in [0.2, 0.25) is 6.79 Å². The molecule has 2 aliphatic heterocycles. The molecular formula is C18H23NO5. The van der Waals surface area contributed by atoms with Crippen LogP contribution in [0.5, 0.6) is 11.5 Å². The number of nitrogens with zero attached hydrogens (tertiary/aromatic N) is 1. The minimum absolute atomic E-state index is 0.00532. The summed E-state index contributed by atoms with van der Waals surface area (Å²) in [7, 11) is 0. The zero-order valence-corrected chi connectivity index (χ0v) is 14.3. The number of carbonyl (C=O) groups is 2. The summed E-state index contributed by atoms with van der Waals surface area (Å²) in [5.41, 5.74) is 0.860. The van der Waals surface area contributed by atoms with Crippen LogP contribution in [0.2, 0.25) is 0 Å². The fraction of sp³-hybridized carbons (Fsp3) is 0.556. The topological polar surface area (TPSA) is 65.1 Å². The molecule has 0 spiro atoms. The van der Waals surface area contributed by atoms with Crippen molar-refractivity contribution in [3.8, 4) is 11.5 Å². The lowest BCUT2D eigenvalue weighted by Gasteiger charge is -2.29. The number of fused-ring (bicyclic) bond motifs is 1. The van der Waals surface area contributed by atoms with Crippen LogP contribution >= 0.6 is 0 Å². The quantitative estimate of drug-likeness (QED) is 0.795. The maximum Gasteiger partial charge on any atom is 0.410 e. The lowest BCUT2D eigenvalue weighted by atomic mass is 9.98. The Morgan fingerprint density at radius 3 is 2.88 bits per heavy atom. The van der Waals surface area contributed by atoms with Gasteiger partial charge in [0.25, 0.3) is 0 Å². The molecule has 1 unspecified atom stereocenters. The number of likely N-dealkylation sites (tertiary alicyclic amines) is 1. The number of benzene rings is 1. The fourth-order valence-corrected chi connectivity index (χ4v) is 3.21. The van der Waals surface area contributed by atoms with Crippen LogP contribution in [-0.4, -0.2) is 42.3 Å². The van der Waals surface area contributed by atoms with Gasteiger partial charge in [-0.05, 0) is 52.2 Å². The molecule has 1 aromatic carbocycles. The molecule has 1 amide bonds. The first kappa shape index (κ1) is 16.6. The fourth-order valence-electron chi connectivity index (χ4n) is 3.21. The monoisotopic (exact) mass is 333 g/mol. The maximum absolute atomic E-state index is 12.4. The van der Waals surface area contributed by atoms with E-state index in [1.807, 2.05) is 20.8 Å². The molecule has 130 valence electrons. The molecule has 1 atom stereocenters. The van der Waals surface area contributed by atoms with Crippen molar-refractivity contribution in [1.29, 1.82) is 0 Å². The van der Waals surface area contributed by atoms with Crippen molar-refractivity contribution in [2.45, 2.75) is 51.7 Å². The summed E-state index contributed by atoms with van der Waals surface area (Å²) in [6.45, 7) is 6.40. The van der Waals surface area contributed by atoms with Gasteiger partial charge >= 0.3 is 6.09 Å². The van der Waals surface area contributed by atoms with Gasteiger partial charge in [0.05, 0.1) is 0 Å². The average Bonchev–Trinajstić information content (AvgIpc) is 3.14. The molecular weight excluding hydrogens is 310 g/mol. The summed E-state index contributed by atoms with van der Waals surface area (Å²) in [6, 6.07) is 3.48. The second-order valence-corrected chi connectivity index (χ2v) is 7.16. The third kappa shape index (κ3) is 3.32. The molecule has 6 heteroatoms. The van der Waals surface area contributed by atoms with Crippen LogP contribution in [0, 0.1) is 0 Å². The van der Waals surface area contributed by atoms with Gasteiger partial charge in [-0.25, -0.2) is 4.79 Å². The van der Waals surface area contributed by atoms with Crippen LogP contribution in [-0.2, 0) is 11.2 Å². The van der Waals surface area contributed by atoms with E-state index in [1.165, 1.54) is 0 Å². The van der Waals surface area contributed by atoms with Crippen LogP contribution in [0.3, 0.4) is 0 Å². The Balaban J connectivity index is 1.82. The summed E-state index contributed by atoms with van der Waals surface area (Å²) >= 11 is 0. The highest BCUT2D eigenvalue weighted by atomic mass is 16.7. The largest absolute Gasteiger partial charge is 0.454 e. The van der Waals surface area contributed by atoms with Gasteiger partial charge < -0.3 is 19.1 Å². The predicted molar refractivity (Wildman–Crippen MR) is 87.6 cm³/mol. The van der Waals surface area contributed by atoms with Crippen molar-refractivity contribution in [3.63, 3.8) is 0 Å². The second kappa shape index (κ2) is 6.34. The first-order chi connectivity index (χ1) is 11.4. The zero-order valence-electron chi connectivity index (χ0n) is 14.3. The van der Waals surface area contributed by atoms with Gasteiger partial charge in [0.1, 0.15) is 11.9 Å². The SMILES string of the molecule is CC(C)(C)OC(=O)N1CCCC1Cc1c(C=O)ccc2c1OCO2. The van der Waals surface area contributed by atoms with E-state index in [1.54, 1.807) is 17.0 Å². The molecule has 1 saturated heterocycles. The lowest BCUT2D eigenvalue weighted by molar-refractivity contribution is 0.0226. The van der Waals surface area contributed by atoms with Crippen molar-refractivity contribution in [2.75, 3.05) is 13.3 Å². The molecule has 3 rings (SSSR count). The highest BCUT2D eigenvalue weighted by Gasteiger charge is 2.34. The third-order valence-corrected chi connectivity index (χ3v) is 4.25. The molecule has 2 heterocycles. The molecule has 0 aromatic heterocycles. The number of ether oxygens (including phenoxy) is 3. The zero-order chi connectivity index (χ0) is 17.3. The molecule has 0 radical (unpaired) electrons. The molecule has 24 heavy (non-hydrogen) atoms. The van der Waals surface area contributed by atoms with Crippen LogP contribution in [0.4, 0.5) is 4.79 Å². The normalized spacial score (nSPS) is 19.5. The van der Waals surface area contributed by atoms with Crippen molar-refractivity contribution in [3.05, 3.63) is 23.3 Å². The number of aldehydes is 1. The minimum Gasteiger partial charge on any atom is -0.454 e. The molecule has 0 N–H and O–H groups in total. The Labute approximate surface area is 141 Å². The molecule has 6 nitrogen and oxygen atoms in total. The number of rotatable bonds is 3. The average molecular weight is 333 g/mol. The Bertz CT molecular complexity index is 650. The lowest BCUT2D eigenvalue weighted by Crippen LogP contribution is -2.40. The van der Waals surface area contributed by atoms with Crippen molar-refractivity contribution in [1.82, 2.24) is 4.90 Å². The van der Waals surface area contributed by atoms with Crippen LogP contribution < -0.4 is 9.47 Å². The molecule has 2 aliphatic rings. The molecule has 0 aliphatic carbocycles. The van der Waals surface area contributed by atoms with Gasteiger partial charge in [0, 0.05) is 23.7 Å². The highest BCUT2D eigenvalue weighted by molar-refractivity contribution is 5.80. The van der Waals surface area contributed by atoms with E-state index in [9.17, 15) is 9.59 Å². The van der Waals surface area contributed by atoms with Gasteiger partial charge in [-0.1, -0.05) is 0 Å². The Morgan fingerprint density at radius 1 is 1.38 bits per heavy atom. The van der Waals surface area contributed by atoms with Crippen molar-refractivity contribution < 1.29 is 23.8 Å². The Hall–Kier alpha value is -2.24. The van der Waals surface area contributed by atoms with Crippen molar-refractivity contribution >= 4 is 12.4 Å². The van der Waals surface area contributed by atoms with Crippen LogP contribution in [0.1, 0.15) is 49.5 Å². The van der Waals surface area contributed by atoms with E-state index < -0.39 is 5.60 Å². The standard InChI is InChI=1S/C18H23NO5/c1-18(2,3)24-17(21)19-8-4-5-13(19)9-14-12(10-20)6-7-15-16(14)23-11-22-15/h6-7,10,13H,4-5,8-9,11H2,1-3H3. The summed E-state index contributed by atoms with van der Waals surface area (Å²) in [5.74, 6) is 1.27. The summed E-state index contributed by atoms with van der Waals surface area (Å²) in [6.07, 6.45) is 2.88. The van der Waals surface area contributed by atoms with Crippen LogP contribution in [0.15, 0.2) is 12.1 Å². The first-order valence-electron chi connectivity index (χ1n) is 8.25. The number of hydrogen-bond acceptors (Lipinski definition) is 5. The Kier molecular flexibility index (Phi) is 4.39. The third-order valence-electron chi connectivity index (χ3n) is 4.25. The molecule has 1 fully saturated rings. The van der Waals surface area contributed by atoms with E-state index in [-0.39, 0.29) is 18.9 Å². The van der Waals surface area contributed by atoms with Gasteiger partial charge in [-0.15, -0.1) is 0 Å². The van der Waals surface area contributed by atoms with Crippen LogP contribution in [0.25, 0.3) is 0 Å². The van der Waals surface area contributed by atoms with Crippen molar-refractivity contribution in [2.24, 2.45) is 0 Å². The number of amides is 1. The molecule has 0 saturated carbocycles. The van der Waals surface area contributed by atoms with E-state index in [2.05, 4.69) is 0 Å². The summed E-state index contributed by atoms with van der Waals surface area (Å²) in [4.78, 5) is 25.6. The van der Waals surface area contributed by atoms with E-state index in [0.29, 0.717) is 30.0 Å². The van der Waals surface area contributed by atoms with Gasteiger partial charge in [-0.3, -0.25) is 4.79 Å². The minimum atomic E-state index is -0.525. The summed E-state index contributed by atoms with van der Waals surface area (Å²) in [5, 5.41) is 0. The van der Waals surface area contributed by atoms with Gasteiger partial charge in [-0.2, -0.15) is 0 Å². The van der Waals surface area contributed by atoms with Gasteiger partial charge in [0.15, 0.2) is 11.5 Å². The smallest absolute Gasteiger partial charge is 0.410 e. The van der Waals surface area contributed by atoms with E-state index in [0.717, 1.165) is 24.7 Å². The number of carbonyl (C=O) groups excluding carboxylic acids is 2. The molecule has 1 aromatic rings. The molecule has 0 bridgehead atoms. The Morgan fingerprint density at radius 2 is 2.17 bits per heavy atom. The van der Waals surface area contributed by atoms with E-state index in [4.69, 9.17) is 14.2 Å². The predicted octanol–water partition coefficient (Wildman–Crippen LogP) is 3.17. The second-order valence-electron chi connectivity index (χ2n) is 7.16.